The number of rotatable bonds is 5. The third-order valence-corrected chi connectivity index (χ3v) is 11.6. The molecule has 5 aromatic rings. The van der Waals surface area contributed by atoms with Gasteiger partial charge in [0.15, 0.2) is 17.2 Å². The molecule has 306 valence electrons. The normalized spacial score (nSPS) is 18.4. The second-order valence-electron chi connectivity index (χ2n) is 14.5. The molecule has 0 bridgehead atoms. The summed E-state index contributed by atoms with van der Waals surface area (Å²) in [6.45, 7) is 11.0. The highest BCUT2D eigenvalue weighted by Gasteiger charge is 2.45. The van der Waals surface area contributed by atoms with Crippen molar-refractivity contribution in [2.75, 3.05) is 51.3 Å². The minimum Gasteiger partial charge on any atom is -0.481 e. The number of piperazine rings is 1. The Labute approximate surface area is 330 Å². The Balaban J connectivity index is 0.000000315. The fourth-order valence-corrected chi connectivity index (χ4v) is 8.88. The van der Waals surface area contributed by atoms with Crippen LogP contribution < -0.4 is 24.3 Å². The molecule has 0 saturated carbocycles. The maximum absolute atomic E-state index is 17.1. The minimum atomic E-state index is -4.45. The van der Waals surface area contributed by atoms with Crippen LogP contribution in [0.25, 0.3) is 32.9 Å². The molecule has 0 aliphatic carbocycles. The lowest BCUT2D eigenvalue weighted by molar-refractivity contribution is -0.667. The van der Waals surface area contributed by atoms with Crippen LogP contribution in [0.4, 0.5) is 27.8 Å². The van der Waals surface area contributed by atoms with E-state index in [4.69, 9.17) is 14.7 Å². The summed E-state index contributed by atoms with van der Waals surface area (Å²) in [7, 11) is 3.16. The van der Waals surface area contributed by atoms with Gasteiger partial charge in [-0.1, -0.05) is 39.5 Å². The average Bonchev–Trinajstić information content (AvgIpc) is 3.75. The molecule has 2 aromatic carbocycles. The molecule has 0 unspecified atom stereocenters. The molecule has 1 N–H and O–H groups in total. The van der Waals surface area contributed by atoms with Crippen molar-refractivity contribution in [3.63, 3.8) is 0 Å². The van der Waals surface area contributed by atoms with Crippen LogP contribution in [0, 0.1) is 18.6 Å². The van der Waals surface area contributed by atoms with Gasteiger partial charge in [-0.3, -0.25) is 4.90 Å². The van der Waals surface area contributed by atoms with Crippen molar-refractivity contribution in [1.82, 2.24) is 30.2 Å². The number of nitrogens with zero attached hydrogens (tertiary/aromatic N) is 7. The van der Waals surface area contributed by atoms with E-state index in [0.29, 0.717) is 23.4 Å². The van der Waals surface area contributed by atoms with Crippen molar-refractivity contribution < 1.29 is 36.0 Å². The van der Waals surface area contributed by atoms with Crippen LogP contribution in [0.5, 0.6) is 11.9 Å². The van der Waals surface area contributed by atoms with Crippen LogP contribution in [-0.4, -0.2) is 82.9 Å². The van der Waals surface area contributed by atoms with Gasteiger partial charge in [0.05, 0.1) is 18.2 Å². The van der Waals surface area contributed by atoms with Gasteiger partial charge in [0.2, 0.25) is 11.7 Å². The molecule has 3 fully saturated rings. The first kappa shape index (κ1) is 41.9. The Hall–Kier alpha value is -4.76. The second kappa shape index (κ2) is 17.0. The molecule has 57 heavy (non-hydrogen) atoms. The van der Waals surface area contributed by atoms with E-state index in [9.17, 15) is 17.6 Å². The molecule has 0 amide bonds. The number of aromatic nitrogens is 5. The van der Waals surface area contributed by atoms with Crippen molar-refractivity contribution in [2.45, 2.75) is 84.5 Å². The SMILES string of the molecule is C.CC.COc1cc(C(F)(F)F)ncn1.Cc1c(F)ccc2cccc(-c3c(F)c4nc(OCC56CCCN5CCC6)nc5c4c([n+]3C)CC[C@@H]3CNCCN53)c12. The van der Waals surface area contributed by atoms with Gasteiger partial charge in [-0.15, -0.1) is 0 Å². The molecule has 4 aliphatic rings. The van der Waals surface area contributed by atoms with E-state index in [-0.39, 0.29) is 42.2 Å². The van der Waals surface area contributed by atoms with Gasteiger partial charge < -0.3 is 19.7 Å². The predicted octanol–water partition coefficient (Wildman–Crippen LogP) is 7.76. The van der Waals surface area contributed by atoms with Crippen LogP contribution in [0.15, 0.2) is 42.7 Å². The highest BCUT2D eigenvalue weighted by atomic mass is 19.4. The number of benzene rings is 2. The molecule has 1 atom stereocenters. The number of anilines is 1. The lowest BCUT2D eigenvalue weighted by Gasteiger charge is -2.36. The molecule has 3 aromatic heterocycles. The van der Waals surface area contributed by atoms with Gasteiger partial charge in [-0.25, -0.2) is 14.4 Å². The molecule has 9 rings (SSSR count). The lowest BCUT2D eigenvalue weighted by Crippen LogP contribution is -2.51. The Morgan fingerprint density at radius 2 is 1.75 bits per heavy atom. The number of methoxy groups -OCH3 is 1. The number of aryl methyl sites for hydroxylation is 2. The lowest BCUT2D eigenvalue weighted by atomic mass is 9.95. The summed E-state index contributed by atoms with van der Waals surface area (Å²) in [5.41, 5.74) is 1.92. The summed E-state index contributed by atoms with van der Waals surface area (Å²) in [6, 6.07) is 10.2. The summed E-state index contributed by atoms with van der Waals surface area (Å²) in [6.07, 6.45) is 2.62. The van der Waals surface area contributed by atoms with Gasteiger partial charge in [-0.2, -0.15) is 32.1 Å². The number of hydrogen-bond donors (Lipinski definition) is 1. The Morgan fingerprint density at radius 1 is 1.00 bits per heavy atom. The highest BCUT2D eigenvalue weighted by Crippen LogP contribution is 2.42. The zero-order chi connectivity index (χ0) is 39.8. The average molecular weight is 796 g/mol. The summed E-state index contributed by atoms with van der Waals surface area (Å²) in [5, 5.41) is 5.89. The molecule has 7 heterocycles. The summed E-state index contributed by atoms with van der Waals surface area (Å²) in [4.78, 5) is 21.2. The monoisotopic (exact) mass is 795 g/mol. The molecular formula is C42H52F5N8O2+. The zero-order valence-corrected chi connectivity index (χ0v) is 32.4. The Morgan fingerprint density at radius 3 is 2.47 bits per heavy atom. The first-order chi connectivity index (χ1) is 27.0. The van der Waals surface area contributed by atoms with Gasteiger partial charge in [0.25, 0.3) is 5.69 Å². The van der Waals surface area contributed by atoms with Crippen LogP contribution in [-0.2, 0) is 19.6 Å². The third-order valence-electron chi connectivity index (χ3n) is 11.6. The number of fused-ring (bicyclic) bond motifs is 4. The molecule has 4 aliphatic heterocycles. The first-order valence-electron chi connectivity index (χ1n) is 19.4. The maximum atomic E-state index is 17.1. The van der Waals surface area contributed by atoms with Crippen LogP contribution >= 0.6 is 0 Å². The van der Waals surface area contributed by atoms with Crippen molar-refractivity contribution in [3.05, 3.63) is 71.3 Å². The van der Waals surface area contributed by atoms with Crippen LogP contribution in [0.2, 0.25) is 0 Å². The van der Waals surface area contributed by atoms with E-state index in [0.717, 1.165) is 98.5 Å². The summed E-state index contributed by atoms with van der Waals surface area (Å²) in [5.74, 6) is -0.0513. The predicted molar refractivity (Wildman–Crippen MR) is 211 cm³/mol. The van der Waals surface area contributed by atoms with Gasteiger partial charge in [0, 0.05) is 43.5 Å². The smallest absolute Gasteiger partial charge is 0.433 e. The van der Waals surface area contributed by atoms with E-state index in [1.165, 1.54) is 26.0 Å². The molecule has 10 nitrogen and oxygen atoms in total. The number of hydrogen-bond acceptors (Lipinski definition) is 9. The second-order valence-corrected chi connectivity index (χ2v) is 14.5. The summed E-state index contributed by atoms with van der Waals surface area (Å²) < 4.78 is 80.7. The van der Waals surface area contributed by atoms with E-state index in [2.05, 4.69) is 29.8 Å². The maximum Gasteiger partial charge on any atom is 0.433 e. The van der Waals surface area contributed by atoms with E-state index in [1.54, 1.807) is 13.0 Å². The molecule has 0 spiro atoms. The van der Waals surface area contributed by atoms with Gasteiger partial charge in [-0.05, 0) is 75.2 Å². The topological polar surface area (TPSA) is 92.4 Å². The number of alkyl halides is 3. The molecular weight excluding hydrogens is 744 g/mol. The van der Waals surface area contributed by atoms with E-state index in [1.807, 2.05) is 43.7 Å². The zero-order valence-electron chi connectivity index (χ0n) is 32.4. The fraction of sp³-hybridized carbons (Fsp3) is 0.500. The van der Waals surface area contributed by atoms with Crippen LogP contribution in [0.3, 0.4) is 0 Å². The number of ether oxygens (including phenoxy) is 2. The minimum absolute atomic E-state index is 0. The van der Waals surface area contributed by atoms with Gasteiger partial charge >= 0.3 is 12.2 Å². The quantitative estimate of drug-likeness (QED) is 0.142. The van der Waals surface area contributed by atoms with E-state index >= 15 is 4.39 Å². The standard InChI is InChI=1S/C33H37F2N6O.C6H5F3N2O.C2H6.CH4/c1-20-24(34)10-8-21-6-3-7-23(26(20)21)30-28(35)29-27-25(39(30)2)11-9-22-18-36-14-17-41(22)31(27)38-32(37-29)42-19-33-12-4-15-40(33)16-5-13-33;1-12-5-2-4(6(7,8)9)10-3-11-5;1-2;/h3,6-8,10,22,36H,4-5,9,11-19H2,1-2H3;2-3H,1H3;1-2H3;1H4/q+1;;;/t22-;;;/m1.../s1. The summed E-state index contributed by atoms with van der Waals surface area (Å²) >= 11 is 0. The molecule has 0 radical (unpaired) electrons. The first-order valence-corrected chi connectivity index (χ1v) is 19.4. The van der Waals surface area contributed by atoms with Crippen molar-refractivity contribution in [2.24, 2.45) is 7.05 Å². The number of halogens is 5. The van der Waals surface area contributed by atoms with Crippen molar-refractivity contribution in [1.29, 1.82) is 0 Å². The Kier molecular flexibility index (Phi) is 12.5. The Bertz CT molecular complexity index is 2230. The number of nitrogens with one attached hydrogen (secondary N) is 1. The molecule has 3 saturated heterocycles. The largest absolute Gasteiger partial charge is 0.481 e. The van der Waals surface area contributed by atoms with Gasteiger partial charge in [0.1, 0.15) is 36.7 Å². The molecule has 15 heteroatoms. The fourth-order valence-electron chi connectivity index (χ4n) is 8.88. The van der Waals surface area contributed by atoms with Crippen molar-refractivity contribution >= 4 is 27.5 Å². The van der Waals surface area contributed by atoms with Crippen molar-refractivity contribution in [3.8, 4) is 23.1 Å². The number of pyridine rings is 1. The highest BCUT2D eigenvalue weighted by molar-refractivity contribution is 6.00. The van der Waals surface area contributed by atoms with Crippen LogP contribution in [0.1, 0.15) is 70.3 Å². The third kappa shape index (κ3) is 7.80. The van der Waals surface area contributed by atoms with E-state index < -0.39 is 17.7 Å².